The number of nitrogens with one attached hydrogen (secondary N) is 3. The Bertz CT molecular complexity index is 620. The van der Waals surface area contributed by atoms with Crippen LogP contribution in [0.3, 0.4) is 0 Å². The summed E-state index contributed by atoms with van der Waals surface area (Å²) in [5.41, 5.74) is 7.06. The smallest absolute Gasteiger partial charge is 0.327 e. The van der Waals surface area contributed by atoms with Crippen LogP contribution in [0.2, 0.25) is 0 Å². The highest BCUT2D eigenvalue weighted by Gasteiger charge is 2.22. The SMILES string of the molecule is CCC(CC)NC(=O)C(=O)NNC(=O)CCCc1ccc(C2CC2)cc1. The summed E-state index contributed by atoms with van der Waals surface area (Å²) in [6.45, 7) is 3.88. The van der Waals surface area contributed by atoms with Crippen molar-refractivity contribution < 1.29 is 14.4 Å². The maximum absolute atomic E-state index is 11.8. The first-order valence-corrected chi connectivity index (χ1v) is 9.52. The molecule has 0 bridgehead atoms. The number of hydrogen-bond donors (Lipinski definition) is 3. The third kappa shape index (κ3) is 6.50. The molecule has 6 nitrogen and oxygen atoms in total. The number of aryl methyl sites for hydroxylation is 1. The average Bonchev–Trinajstić information content (AvgIpc) is 3.49. The van der Waals surface area contributed by atoms with Crippen LogP contribution in [0.15, 0.2) is 24.3 Å². The Morgan fingerprint density at radius 2 is 1.65 bits per heavy atom. The standard InChI is InChI=1S/C20H29N3O3/c1-3-17(4-2)21-19(25)20(26)23-22-18(24)7-5-6-14-8-10-15(11-9-14)16-12-13-16/h8-11,16-17H,3-7,12-13H2,1-2H3,(H,21,25)(H,22,24)(H,23,26). The molecule has 2 rings (SSSR count). The highest BCUT2D eigenvalue weighted by molar-refractivity contribution is 6.35. The van der Waals surface area contributed by atoms with E-state index in [1.54, 1.807) is 0 Å². The van der Waals surface area contributed by atoms with E-state index in [0.717, 1.165) is 25.2 Å². The lowest BCUT2D eigenvalue weighted by Crippen LogP contribution is -2.50. The molecule has 0 aliphatic heterocycles. The Morgan fingerprint density at radius 1 is 1.00 bits per heavy atom. The van der Waals surface area contributed by atoms with Crippen molar-refractivity contribution >= 4 is 17.7 Å². The summed E-state index contributed by atoms with van der Waals surface area (Å²) < 4.78 is 0. The molecular formula is C20H29N3O3. The van der Waals surface area contributed by atoms with Gasteiger partial charge in [0.25, 0.3) is 0 Å². The van der Waals surface area contributed by atoms with Crippen LogP contribution in [0.25, 0.3) is 0 Å². The molecule has 1 fully saturated rings. The Labute approximate surface area is 155 Å². The van der Waals surface area contributed by atoms with E-state index in [0.29, 0.717) is 12.8 Å². The third-order valence-electron chi connectivity index (χ3n) is 4.74. The number of amides is 3. The fourth-order valence-electron chi connectivity index (χ4n) is 2.82. The van der Waals surface area contributed by atoms with Crippen LogP contribution < -0.4 is 16.2 Å². The number of hydrogen-bond acceptors (Lipinski definition) is 3. The van der Waals surface area contributed by atoms with Crippen molar-refractivity contribution in [1.29, 1.82) is 0 Å². The molecule has 0 saturated heterocycles. The molecule has 3 amide bonds. The lowest BCUT2D eigenvalue weighted by molar-refractivity contribution is -0.141. The van der Waals surface area contributed by atoms with Crippen LogP contribution in [-0.4, -0.2) is 23.8 Å². The first-order valence-electron chi connectivity index (χ1n) is 9.52. The van der Waals surface area contributed by atoms with E-state index in [9.17, 15) is 14.4 Å². The van der Waals surface area contributed by atoms with Gasteiger partial charge in [0.1, 0.15) is 0 Å². The normalized spacial score (nSPS) is 13.3. The number of carbonyl (C=O) groups excluding carboxylic acids is 3. The Hall–Kier alpha value is -2.37. The quantitative estimate of drug-likeness (QED) is 0.492. The van der Waals surface area contributed by atoms with Gasteiger partial charge in [-0.15, -0.1) is 0 Å². The number of rotatable bonds is 8. The maximum Gasteiger partial charge on any atom is 0.327 e. The molecule has 0 unspecified atom stereocenters. The minimum Gasteiger partial charge on any atom is -0.345 e. The summed E-state index contributed by atoms with van der Waals surface area (Å²) in [6.07, 6.45) is 5.87. The molecule has 1 saturated carbocycles. The zero-order valence-electron chi connectivity index (χ0n) is 15.6. The molecule has 0 aromatic heterocycles. The predicted molar refractivity (Wildman–Crippen MR) is 100 cm³/mol. The molecule has 0 atom stereocenters. The van der Waals surface area contributed by atoms with E-state index in [1.165, 1.54) is 24.0 Å². The highest BCUT2D eigenvalue weighted by Crippen LogP contribution is 2.39. The van der Waals surface area contributed by atoms with Gasteiger partial charge in [0.05, 0.1) is 0 Å². The minimum absolute atomic E-state index is 0.0322. The molecule has 3 N–H and O–H groups in total. The number of carbonyl (C=O) groups is 3. The second-order valence-corrected chi connectivity index (χ2v) is 6.86. The molecule has 0 heterocycles. The van der Waals surface area contributed by atoms with Gasteiger partial charge in [-0.05, 0) is 55.6 Å². The van der Waals surface area contributed by atoms with E-state index < -0.39 is 11.8 Å². The number of benzene rings is 1. The molecule has 1 aromatic rings. The van der Waals surface area contributed by atoms with E-state index >= 15 is 0 Å². The van der Waals surface area contributed by atoms with E-state index in [2.05, 4.69) is 40.4 Å². The summed E-state index contributed by atoms with van der Waals surface area (Å²) in [6, 6.07) is 8.55. The lowest BCUT2D eigenvalue weighted by Gasteiger charge is -2.14. The first-order chi connectivity index (χ1) is 12.5. The molecule has 1 aliphatic carbocycles. The molecule has 0 spiro atoms. The van der Waals surface area contributed by atoms with Crippen LogP contribution in [0.1, 0.15) is 69.4 Å². The van der Waals surface area contributed by atoms with E-state index in [1.807, 2.05) is 13.8 Å². The second kappa shape index (κ2) is 9.94. The van der Waals surface area contributed by atoms with Gasteiger partial charge in [-0.1, -0.05) is 38.1 Å². The van der Waals surface area contributed by atoms with Gasteiger partial charge in [0, 0.05) is 12.5 Å². The highest BCUT2D eigenvalue weighted by atomic mass is 16.2. The predicted octanol–water partition coefficient (Wildman–Crippen LogP) is 2.34. The van der Waals surface area contributed by atoms with Crippen molar-refractivity contribution in [2.75, 3.05) is 0 Å². The maximum atomic E-state index is 11.8. The van der Waals surface area contributed by atoms with Gasteiger partial charge in [0.2, 0.25) is 5.91 Å². The molecule has 1 aliphatic rings. The van der Waals surface area contributed by atoms with Crippen molar-refractivity contribution in [3.05, 3.63) is 35.4 Å². The summed E-state index contributed by atoms with van der Waals surface area (Å²) in [5, 5.41) is 2.62. The van der Waals surface area contributed by atoms with Crippen LogP contribution in [-0.2, 0) is 20.8 Å². The van der Waals surface area contributed by atoms with Crippen LogP contribution in [0.5, 0.6) is 0 Å². The van der Waals surface area contributed by atoms with Crippen molar-refractivity contribution in [2.45, 2.75) is 70.8 Å². The number of hydrazine groups is 1. The first kappa shape index (κ1) is 19.9. The summed E-state index contributed by atoms with van der Waals surface area (Å²) >= 11 is 0. The Balaban J connectivity index is 1.62. The summed E-state index contributed by atoms with van der Waals surface area (Å²) in [4.78, 5) is 35.1. The summed E-state index contributed by atoms with van der Waals surface area (Å²) in [5.74, 6) is -1.13. The molecular weight excluding hydrogens is 330 g/mol. The van der Waals surface area contributed by atoms with Crippen LogP contribution in [0, 0.1) is 0 Å². The van der Waals surface area contributed by atoms with Crippen molar-refractivity contribution in [1.82, 2.24) is 16.2 Å². The topological polar surface area (TPSA) is 87.3 Å². The van der Waals surface area contributed by atoms with E-state index in [4.69, 9.17) is 0 Å². The van der Waals surface area contributed by atoms with Gasteiger partial charge in [-0.3, -0.25) is 25.2 Å². The minimum atomic E-state index is -0.846. The summed E-state index contributed by atoms with van der Waals surface area (Å²) in [7, 11) is 0. The molecule has 0 radical (unpaired) electrons. The Morgan fingerprint density at radius 3 is 2.23 bits per heavy atom. The molecule has 142 valence electrons. The van der Waals surface area contributed by atoms with Crippen LogP contribution in [0.4, 0.5) is 0 Å². The zero-order valence-corrected chi connectivity index (χ0v) is 15.6. The lowest BCUT2D eigenvalue weighted by atomic mass is 10.0. The van der Waals surface area contributed by atoms with Gasteiger partial charge in [-0.25, -0.2) is 0 Å². The average molecular weight is 359 g/mol. The zero-order chi connectivity index (χ0) is 18.9. The van der Waals surface area contributed by atoms with Gasteiger partial charge < -0.3 is 5.32 Å². The van der Waals surface area contributed by atoms with Gasteiger partial charge in [0.15, 0.2) is 0 Å². The van der Waals surface area contributed by atoms with Crippen molar-refractivity contribution in [3.8, 4) is 0 Å². The van der Waals surface area contributed by atoms with Gasteiger partial charge in [-0.2, -0.15) is 0 Å². The Kier molecular flexibility index (Phi) is 7.63. The van der Waals surface area contributed by atoms with E-state index in [-0.39, 0.29) is 11.9 Å². The fraction of sp³-hybridized carbons (Fsp3) is 0.550. The van der Waals surface area contributed by atoms with Crippen molar-refractivity contribution in [3.63, 3.8) is 0 Å². The van der Waals surface area contributed by atoms with Crippen molar-refractivity contribution in [2.24, 2.45) is 0 Å². The largest absolute Gasteiger partial charge is 0.345 e. The monoisotopic (exact) mass is 359 g/mol. The fourth-order valence-corrected chi connectivity index (χ4v) is 2.82. The molecule has 26 heavy (non-hydrogen) atoms. The van der Waals surface area contributed by atoms with Crippen LogP contribution >= 0.6 is 0 Å². The van der Waals surface area contributed by atoms with Gasteiger partial charge >= 0.3 is 11.8 Å². The third-order valence-corrected chi connectivity index (χ3v) is 4.74. The molecule has 1 aromatic carbocycles. The second-order valence-electron chi connectivity index (χ2n) is 6.86. The molecule has 6 heteroatoms.